The maximum Gasteiger partial charge on any atom is 0.311 e. The molecule has 2 rings (SSSR count). The van der Waals surface area contributed by atoms with Crippen LogP contribution in [-0.2, 0) is 19.1 Å². The van der Waals surface area contributed by atoms with Gasteiger partial charge in [0.1, 0.15) is 5.92 Å². The third kappa shape index (κ3) is 2.45. The maximum atomic E-state index is 11.9. The third-order valence-electron chi connectivity index (χ3n) is 3.44. The Bertz CT molecular complexity index is 384. The molecular formula is C11H16N2O5. The number of nitrogens with one attached hydrogen (secondary N) is 1. The van der Waals surface area contributed by atoms with Crippen LogP contribution in [0.15, 0.2) is 0 Å². The molecule has 0 bridgehead atoms. The Hall–Kier alpha value is -1.63. The fourth-order valence-electron chi connectivity index (χ4n) is 2.28. The van der Waals surface area contributed by atoms with Crippen molar-refractivity contribution in [3.8, 4) is 0 Å². The van der Waals surface area contributed by atoms with Gasteiger partial charge in [-0.05, 0) is 0 Å². The largest absolute Gasteiger partial charge is 0.481 e. The summed E-state index contributed by atoms with van der Waals surface area (Å²) in [5.41, 5.74) is 0. The van der Waals surface area contributed by atoms with Crippen molar-refractivity contribution in [3.63, 3.8) is 0 Å². The summed E-state index contributed by atoms with van der Waals surface area (Å²) in [4.78, 5) is 35.7. The minimum Gasteiger partial charge on any atom is -0.481 e. The minimum atomic E-state index is -0.975. The molecule has 2 fully saturated rings. The molecule has 2 heterocycles. The maximum absolute atomic E-state index is 11.9. The fraction of sp³-hybridized carbons (Fsp3) is 0.727. The quantitative estimate of drug-likeness (QED) is 0.653. The van der Waals surface area contributed by atoms with Gasteiger partial charge in [0.05, 0.1) is 25.2 Å². The van der Waals surface area contributed by atoms with Crippen molar-refractivity contribution >= 4 is 17.8 Å². The summed E-state index contributed by atoms with van der Waals surface area (Å²) in [6, 6.07) is -0.504. The summed E-state index contributed by atoms with van der Waals surface area (Å²) in [5.74, 6) is -2.40. The van der Waals surface area contributed by atoms with E-state index in [0.29, 0.717) is 6.54 Å². The summed E-state index contributed by atoms with van der Waals surface area (Å²) >= 11 is 0. The predicted octanol–water partition coefficient (Wildman–Crippen LogP) is -1.32. The highest BCUT2D eigenvalue weighted by Crippen LogP contribution is 2.19. The van der Waals surface area contributed by atoms with E-state index in [1.807, 2.05) is 0 Å². The fourth-order valence-corrected chi connectivity index (χ4v) is 2.28. The number of ether oxygens (including phenoxy) is 1. The number of hydrogen-bond acceptors (Lipinski definition) is 4. The van der Waals surface area contributed by atoms with Crippen LogP contribution < -0.4 is 5.32 Å². The SMILES string of the molecule is CN1CC(C(=O)NC2COCC2C(=O)O)CC1=O. The first-order valence-corrected chi connectivity index (χ1v) is 5.84. The van der Waals surface area contributed by atoms with Gasteiger partial charge in [0, 0.05) is 20.0 Å². The molecule has 0 saturated carbocycles. The van der Waals surface area contributed by atoms with Gasteiger partial charge in [-0.1, -0.05) is 0 Å². The van der Waals surface area contributed by atoms with Crippen molar-refractivity contribution < 1.29 is 24.2 Å². The number of carbonyl (C=O) groups is 3. The molecule has 2 N–H and O–H groups in total. The number of carboxylic acids is 1. The number of hydrogen-bond donors (Lipinski definition) is 2. The Labute approximate surface area is 104 Å². The number of nitrogens with zero attached hydrogens (tertiary/aromatic N) is 1. The van der Waals surface area contributed by atoms with E-state index in [9.17, 15) is 14.4 Å². The van der Waals surface area contributed by atoms with Crippen molar-refractivity contribution in [1.82, 2.24) is 10.2 Å². The van der Waals surface area contributed by atoms with Crippen LogP contribution in [0.3, 0.4) is 0 Å². The number of rotatable bonds is 3. The lowest BCUT2D eigenvalue weighted by molar-refractivity contribution is -0.142. The van der Waals surface area contributed by atoms with Crippen molar-refractivity contribution in [2.24, 2.45) is 11.8 Å². The van der Waals surface area contributed by atoms with E-state index in [1.165, 1.54) is 4.90 Å². The van der Waals surface area contributed by atoms with Gasteiger partial charge >= 0.3 is 5.97 Å². The predicted molar refractivity (Wildman–Crippen MR) is 59.6 cm³/mol. The second-order valence-corrected chi connectivity index (χ2v) is 4.77. The van der Waals surface area contributed by atoms with Gasteiger partial charge in [0.2, 0.25) is 11.8 Å². The molecule has 0 spiro atoms. The first kappa shape index (κ1) is 12.8. The molecule has 3 atom stereocenters. The number of likely N-dealkylation sites (tertiary alicyclic amines) is 1. The van der Waals surface area contributed by atoms with E-state index >= 15 is 0 Å². The zero-order chi connectivity index (χ0) is 13.3. The first-order chi connectivity index (χ1) is 8.49. The van der Waals surface area contributed by atoms with Gasteiger partial charge in [0.25, 0.3) is 0 Å². The minimum absolute atomic E-state index is 0.0624. The molecule has 2 saturated heterocycles. The number of aliphatic carboxylic acids is 1. The summed E-state index contributed by atoms with van der Waals surface area (Å²) in [5, 5.41) is 11.6. The molecule has 0 radical (unpaired) electrons. The summed E-state index contributed by atoms with van der Waals surface area (Å²) in [7, 11) is 1.65. The Morgan fingerprint density at radius 2 is 2.17 bits per heavy atom. The second kappa shape index (κ2) is 4.93. The Balaban J connectivity index is 1.91. The molecule has 7 heteroatoms. The van der Waals surface area contributed by atoms with Crippen LogP contribution in [0.4, 0.5) is 0 Å². The number of amides is 2. The number of carboxylic acid groups (broad SMARTS) is 1. The lowest BCUT2D eigenvalue weighted by atomic mass is 10.0. The Morgan fingerprint density at radius 3 is 2.72 bits per heavy atom. The summed E-state index contributed by atoms with van der Waals surface area (Å²) < 4.78 is 5.06. The standard InChI is InChI=1S/C11H16N2O5/c1-13-3-6(2-9(13)14)10(15)12-8-5-18-4-7(8)11(16)17/h6-8H,2-5H2,1H3,(H,12,15)(H,16,17). The molecule has 18 heavy (non-hydrogen) atoms. The van der Waals surface area contributed by atoms with E-state index in [2.05, 4.69) is 5.32 Å². The highest BCUT2D eigenvalue weighted by Gasteiger charge is 2.38. The average Bonchev–Trinajstić information content (AvgIpc) is 2.87. The van der Waals surface area contributed by atoms with Crippen molar-refractivity contribution in [1.29, 1.82) is 0 Å². The van der Waals surface area contributed by atoms with Crippen molar-refractivity contribution in [2.45, 2.75) is 12.5 Å². The zero-order valence-corrected chi connectivity index (χ0v) is 10.1. The molecule has 0 aromatic rings. The van der Waals surface area contributed by atoms with E-state index in [4.69, 9.17) is 9.84 Å². The highest BCUT2D eigenvalue weighted by molar-refractivity contribution is 5.89. The van der Waals surface area contributed by atoms with Crippen LogP contribution in [0.5, 0.6) is 0 Å². The topological polar surface area (TPSA) is 95.9 Å². The second-order valence-electron chi connectivity index (χ2n) is 4.77. The summed E-state index contributed by atoms with van der Waals surface area (Å²) in [6.45, 7) is 0.707. The average molecular weight is 256 g/mol. The zero-order valence-electron chi connectivity index (χ0n) is 10.1. The monoisotopic (exact) mass is 256 g/mol. The van der Waals surface area contributed by atoms with Crippen LogP contribution in [0.25, 0.3) is 0 Å². The van der Waals surface area contributed by atoms with Gasteiger partial charge in [-0.15, -0.1) is 0 Å². The Morgan fingerprint density at radius 1 is 1.44 bits per heavy atom. The Kier molecular flexibility index (Phi) is 3.51. The van der Waals surface area contributed by atoms with Gasteiger partial charge in [-0.3, -0.25) is 14.4 Å². The van der Waals surface area contributed by atoms with Crippen LogP contribution >= 0.6 is 0 Å². The molecule has 2 aliphatic rings. The molecule has 100 valence electrons. The van der Waals surface area contributed by atoms with Gasteiger partial charge in [-0.2, -0.15) is 0 Å². The van der Waals surface area contributed by atoms with Crippen LogP contribution in [0.2, 0.25) is 0 Å². The summed E-state index contributed by atoms with van der Waals surface area (Å²) in [6.07, 6.45) is 0.188. The molecular weight excluding hydrogens is 240 g/mol. The van der Waals surface area contributed by atoms with Gasteiger partial charge < -0.3 is 20.1 Å². The van der Waals surface area contributed by atoms with Crippen LogP contribution in [0.1, 0.15) is 6.42 Å². The third-order valence-corrected chi connectivity index (χ3v) is 3.44. The van der Waals surface area contributed by atoms with Gasteiger partial charge in [-0.25, -0.2) is 0 Å². The van der Waals surface area contributed by atoms with E-state index < -0.39 is 23.8 Å². The molecule has 2 amide bonds. The van der Waals surface area contributed by atoms with Gasteiger partial charge in [0.15, 0.2) is 0 Å². The normalized spacial score (nSPS) is 31.7. The molecule has 0 aromatic carbocycles. The molecule has 7 nitrogen and oxygen atoms in total. The van der Waals surface area contributed by atoms with E-state index in [1.54, 1.807) is 7.05 Å². The lowest BCUT2D eigenvalue weighted by Crippen LogP contribution is -2.45. The molecule has 2 aliphatic heterocycles. The molecule has 3 unspecified atom stereocenters. The van der Waals surface area contributed by atoms with Crippen LogP contribution in [0, 0.1) is 11.8 Å². The van der Waals surface area contributed by atoms with Crippen LogP contribution in [-0.4, -0.2) is 60.6 Å². The lowest BCUT2D eigenvalue weighted by Gasteiger charge is -2.18. The van der Waals surface area contributed by atoms with E-state index in [0.717, 1.165) is 0 Å². The molecule has 0 aromatic heterocycles. The number of carbonyl (C=O) groups excluding carboxylic acids is 2. The van der Waals surface area contributed by atoms with Crippen molar-refractivity contribution in [2.75, 3.05) is 26.8 Å². The smallest absolute Gasteiger partial charge is 0.311 e. The highest BCUT2D eigenvalue weighted by atomic mass is 16.5. The molecule has 0 aliphatic carbocycles. The first-order valence-electron chi connectivity index (χ1n) is 5.84. The van der Waals surface area contributed by atoms with E-state index in [-0.39, 0.29) is 31.4 Å². The van der Waals surface area contributed by atoms with Crippen molar-refractivity contribution in [3.05, 3.63) is 0 Å².